The largest absolute Gasteiger partial charge is 0.494 e. The van der Waals surface area contributed by atoms with Crippen molar-refractivity contribution in [1.82, 2.24) is 10.2 Å². The highest BCUT2D eigenvalue weighted by molar-refractivity contribution is 5.83. The number of anilines is 2. The van der Waals surface area contributed by atoms with Gasteiger partial charge < -0.3 is 19.5 Å². The molecule has 140 valence electrons. The number of nitrogens with one attached hydrogen (secondary N) is 2. The van der Waals surface area contributed by atoms with Crippen LogP contribution in [0, 0.1) is 0 Å². The van der Waals surface area contributed by atoms with Gasteiger partial charge in [-0.05, 0) is 36.8 Å². The molecule has 6 heteroatoms. The molecule has 0 radical (unpaired) electrons. The normalized spacial score (nSPS) is 14.4. The molecule has 2 aromatic carbocycles. The molecule has 0 saturated carbocycles. The molecule has 6 nitrogen and oxygen atoms in total. The highest BCUT2D eigenvalue weighted by Gasteiger charge is 2.32. The molecule has 0 unspecified atom stereocenters. The molecule has 0 saturated heterocycles. The van der Waals surface area contributed by atoms with E-state index in [2.05, 4.69) is 22.4 Å². The quantitative estimate of drug-likeness (QED) is 0.663. The Labute approximate surface area is 158 Å². The molecule has 0 aliphatic heterocycles. The van der Waals surface area contributed by atoms with E-state index in [0.29, 0.717) is 12.4 Å². The van der Waals surface area contributed by atoms with E-state index in [4.69, 9.17) is 14.2 Å². The third kappa shape index (κ3) is 2.87. The molecule has 4 rings (SSSR count). The van der Waals surface area contributed by atoms with E-state index in [1.165, 1.54) is 5.56 Å². The van der Waals surface area contributed by atoms with Gasteiger partial charge in [0.15, 0.2) is 17.3 Å². The van der Waals surface area contributed by atoms with Gasteiger partial charge in [-0.1, -0.05) is 13.0 Å². The van der Waals surface area contributed by atoms with E-state index in [1.54, 1.807) is 14.2 Å². The third-order valence-corrected chi connectivity index (χ3v) is 4.94. The minimum Gasteiger partial charge on any atom is -0.494 e. The minimum absolute atomic E-state index is 0.186. The fourth-order valence-electron chi connectivity index (χ4n) is 3.66. The van der Waals surface area contributed by atoms with Crippen molar-refractivity contribution >= 4 is 11.5 Å². The summed E-state index contributed by atoms with van der Waals surface area (Å²) in [7, 11) is 3.30. The Bertz CT molecular complexity index is 981. The molecule has 1 heterocycles. The van der Waals surface area contributed by atoms with E-state index < -0.39 is 0 Å². The first-order valence-electron chi connectivity index (χ1n) is 9.00. The van der Waals surface area contributed by atoms with Crippen LogP contribution in [0.1, 0.15) is 30.9 Å². The number of H-pyrrole nitrogens is 1. The molecule has 1 aliphatic carbocycles. The monoisotopic (exact) mass is 365 g/mol. The number of ether oxygens (including phenoxy) is 3. The van der Waals surface area contributed by atoms with Gasteiger partial charge in [-0.15, -0.1) is 0 Å². The highest BCUT2D eigenvalue weighted by atomic mass is 16.5. The molecule has 2 N–H and O–H groups in total. The van der Waals surface area contributed by atoms with Crippen LogP contribution in [0.4, 0.5) is 11.5 Å². The summed E-state index contributed by atoms with van der Waals surface area (Å²) in [5.41, 5.74) is 5.39. The smallest absolute Gasteiger partial charge is 0.161 e. The zero-order valence-corrected chi connectivity index (χ0v) is 15.9. The summed E-state index contributed by atoms with van der Waals surface area (Å²) in [6, 6.07) is 11.9. The van der Waals surface area contributed by atoms with E-state index >= 15 is 0 Å². The zero-order valence-electron chi connectivity index (χ0n) is 15.9. The summed E-state index contributed by atoms with van der Waals surface area (Å²) < 4.78 is 16.5. The number of rotatable bonds is 6. The molecule has 3 aromatic rings. The standard InChI is InChI=1S/C21H23N3O3/c1-5-27-14-8-6-7-13(9-14)22-21-19-12(2)15-10-17(25-3)18(26-4)11-16(15)20(19)23-24-21/h6-12H,5H2,1-4H3,(H2,22,23,24)/t12-/m0/s1. The van der Waals surface area contributed by atoms with Crippen LogP contribution in [0.15, 0.2) is 36.4 Å². The summed E-state index contributed by atoms with van der Waals surface area (Å²) in [5.74, 6) is 3.29. The van der Waals surface area contributed by atoms with Gasteiger partial charge >= 0.3 is 0 Å². The van der Waals surface area contributed by atoms with Gasteiger partial charge in [-0.25, -0.2) is 0 Å². The molecule has 27 heavy (non-hydrogen) atoms. The van der Waals surface area contributed by atoms with Crippen molar-refractivity contribution in [3.05, 3.63) is 47.5 Å². The van der Waals surface area contributed by atoms with E-state index in [1.807, 2.05) is 43.3 Å². The van der Waals surface area contributed by atoms with Gasteiger partial charge in [-0.2, -0.15) is 5.10 Å². The second-order valence-electron chi connectivity index (χ2n) is 6.46. The van der Waals surface area contributed by atoms with Crippen LogP contribution in [0.25, 0.3) is 11.3 Å². The number of hydrogen-bond donors (Lipinski definition) is 2. The summed E-state index contributed by atoms with van der Waals surface area (Å²) in [6.45, 7) is 4.79. The van der Waals surface area contributed by atoms with Gasteiger partial charge in [0, 0.05) is 28.8 Å². The average Bonchev–Trinajstić information content (AvgIpc) is 3.21. The lowest BCUT2D eigenvalue weighted by Gasteiger charge is -2.13. The molecular weight excluding hydrogens is 342 g/mol. The van der Waals surface area contributed by atoms with Gasteiger partial charge in [0.05, 0.1) is 26.5 Å². The van der Waals surface area contributed by atoms with Crippen LogP contribution in [-0.4, -0.2) is 31.0 Å². The molecule has 1 aliphatic rings. The summed E-state index contributed by atoms with van der Waals surface area (Å²) >= 11 is 0. The van der Waals surface area contributed by atoms with Crippen LogP contribution in [0.2, 0.25) is 0 Å². The molecule has 0 spiro atoms. The summed E-state index contributed by atoms with van der Waals surface area (Å²) in [4.78, 5) is 0. The van der Waals surface area contributed by atoms with Gasteiger partial charge in [0.1, 0.15) is 5.75 Å². The lowest BCUT2D eigenvalue weighted by molar-refractivity contribution is 0.340. The maximum Gasteiger partial charge on any atom is 0.161 e. The summed E-state index contributed by atoms with van der Waals surface area (Å²) in [5, 5.41) is 11.1. The van der Waals surface area contributed by atoms with Crippen molar-refractivity contribution in [1.29, 1.82) is 0 Å². The Morgan fingerprint density at radius 1 is 1.11 bits per heavy atom. The second-order valence-corrected chi connectivity index (χ2v) is 6.46. The zero-order chi connectivity index (χ0) is 19.0. The minimum atomic E-state index is 0.186. The number of methoxy groups -OCH3 is 2. The van der Waals surface area contributed by atoms with E-state index in [-0.39, 0.29) is 5.92 Å². The first-order chi connectivity index (χ1) is 13.2. The highest BCUT2D eigenvalue weighted by Crippen LogP contribution is 2.50. The lowest BCUT2D eigenvalue weighted by atomic mass is 9.99. The SMILES string of the molecule is CCOc1cccc(Nc2n[nH]c3c2[C@@H](C)c2cc(OC)c(OC)cc2-3)c1. The van der Waals surface area contributed by atoms with Gasteiger partial charge in [0.2, 0.25) is 0 Å². The fraction of sp³-hybridized carbons (Fsp3) is 0.286. The van der Waals surface area contributed by atoms with Gasteiger partial charge in [0.25, 0.3) is 0 Å². The summed E-state index contributed by atoms with van der Waals surface area (Å²) in [6.07, 6.45) is 0. The fourth-order valence-corrected chi connectivity index (χ4v) is 3.66. The topological polar surface area (TPSA) is 68.4 Å². The Kier molecular flexibility index (Phi) is 4.39. The molecule has 0 fully saturated rings. The van der Waals surface area contributed by atoms with Crippen molar-refractivity contribution in [2.24, 2.45) is 0 Å². The molecule has 0 bridgehead atoms. The molecular formula is C21H23N3O3. The van der Waals surface area contributed by atoms with Crippen molar-refractivity contribution < 1.29 is 14.2 Å². The number of benzene rings is 2. The van der Waals surface area contributed by atoms with Crippen molar-refractivity contribution in [2.45, 2.75) is 19.8 Å². The van der Waals surface area contributed by atoms with Crippen molar-refractivity contribution in [3.63, 3.8) is 0 Å². The Morgan fingerprint density at radius 3 is 2.63 bits per heavy atom. The maximum atomic E-state index is 5.59. The van der Waals surface area contributed by atoms with E-state index in [0.717, 1.165) is 39.8 Å². The molecule has 1 aromatic heterocycles. The molecule has 1 atom stereocenters. The predicted octanol–water partition coefficient (Wildman–Crippen LogP) is 4.70. The average molecular weight is 365 g/mol. The number of aromatic nitrogens is 2. The lowest BCUT2D eigenvalue weighted by Crippen LogP contribution is -1.99. The number of nitrogens with zero attached hydrogens (tertiary/aromatic N) is 1. The van der Waals surface area contributed by atoms with Crippen LogP contribution >= 0.6 is 0 Å². The Hall–Kier alpha value is -3.15. The predicted molar refractivity (Wildman–Crippen MR) is 106 cm³/mol. The third-order valence-electron chi connectivity index (χ3n) is 4.94. The second kappa shape index (κ2) is 6.87. The first-order valence-corrected chi connectivity index (χ1v) is 9.00. The van der Waals surface area contributed by atoms with Crippen molar-refractivity contribution in [2.75, 3.05) is 26.1 Å². The first kappa shape index (κ1) is 17.3. The number of hydrogen-bond acceptors (Lipinski definition) is 5. The molecule has 0 amide bonds. The maximum absolute atomic E-state index is 5.59. The Balaban J connectivity index is 1.71. The van der Waals surface area contributed by atoms with Gasteiger partial charge in [-0.3, -0.25) is 5.10 Å². The Morgan fingerprint density at radius 2 is 1.89 bits per heavy atom. The number of fused-ring (bicyclic) bond motifs is 3. The van der Waals surface area contributed by atoms with Crippen LogP contribution in [0.5, 0.6) is 17.2 Å². The number of aromatic amines is 1. The van der Waals surface area contributed by atoms with Crippen LogP contribution in [-0.2, 0) is 0 Å². The van der Waals surface area contributed by atoms with Crippen LogP contribution < -0.4 is 19.5 Å². The van der Waals surface area contributed by atoms with Crippen molar-refractivity contribution in [3.8, 4) is 28.5 Å². The van der Waals surface area contributed by atoms with E-state index in [9.17, 15) is 0 Å². The van der Waals surface area contributed by atoms with Crippen LogP contribution in [0.3, 0.4) is 0 Å².